The zero-order chi connectivity index (χ0) is 24.9. The van der Waals surface area contributed by atoms with Gasteiger partial charge in [-0.05, 0) is 30.7 Å². The van der Waals surface area contributed by atoms with E-state index in [-0.39, 0.29) is 18.4 Å². The second-order valence-electron chi connectivity index (χ2n) is 7.83. The summed E-state index contributed by atoms with van der Waals surface area (Å²) in [7, 11) is 1.56. The van der Waals surface area contributed by atoms with Gasteiger partial charge in [0.15, 0.2) is 0 Å². The number of ether oxygens (including phenoxy) is 1. The summed E-state index contributed by atoms with van der Waals surface area (Å²) in [4.78, 5) is 29.2. The van der Waals surface area contributed by atoms with Gasteiger partial charge in [0.2, 0.25) is 17.7 Å². The summed E-state index contributed by atoms with van der Waals surface area (Å²) in [5.41, 5.74) is 1.98. The van der Waals surface area contributed by atoms with Crippen molar-refractivity contribution in [2.24, 2.45) is 0 Å². The van der Waals surface area contributed by atoms with Crippen LogP contribution in [-0.4, -0.2) is 47.3 Å². The summed E-state index contributed by atoms with van der Waals surface area (Å²) in [6, 6.07) is 9.78. The van der Waals surface area contributed by atoms with E-state index in [4.69, 9.17) is 9.15 Å². The topological polar surface area (TPSA) is 119 Å². The van der Waals surface area contributed by atoms with Crippen molar-refractivity contribution in [3.63, 3.8) is 0 Å². The van der Waals surface area contributed by atoms with Gasteiger partial charge < -0.3 is 19.8 Å². The van der Waals surface area contributed by atoms with Gasteiger partial charge in [-0.15, -0.1) is 21.5 Å². The van der Waals surface area contributed by atoms with Crippen LogP contribution in [0.5, 0.6) is 0 Å². The summed E-state index contributed by atoms with van der Waals surface area (Å²) in [5, 5.41) is 13.6. The first-order valence-electron chi connectivity index (χ1n) is 10.9. The molecule has 2 amide bonds. The lowest BCUT2D eigenvalue weighted by Crippen LogP contribution is -2.27. The van der Waals surface area contributed by atoms with Gasteiger partial charge in [0, 0.05) is 37.8 Å². The van der Waals surface area contributed by atoms with E-state index in [1.807, 2.05) is 0 Å². The first-order valence-corrected chi connectivity index (χ1v) is 11.7. The molecule has 2 N–H and O–H groups in total. The van der Waals surface area contributed by atoms with Gasteiger partial charge in [0.05, 0.1) is 29.3 Å². The number of hydrogen-bond acceptors (Lipinski definition) is 8. The maximum absolute atomic E-state index is 14.9. The zero-order valence-electron chi connectivity index (χ0n) is 19.4. The number of halogens is 1. The lowest BCUT2D eigenvalue weighted by Gasteiger charge is -2.07. The largest absolute Gasteiger partial charge is 0.424 e. The number of amides is 2. The molecule has 0 aliphatic heterocycles. The number of aromatic nitrogens is 3. The van der Waals surface area contributed by atoms with Crippen molar-refractivity contribution >= 4 is 33.4 Å². The van der Waals surface area contributed by atoms with E-state index in [2.05, 4.69) is 25.8 Å². The molecule has 0 aliphatic rings. The average molecular weight is 498 g/mol. The molecule has 9 nitrogen and oxygen atoms in total. The molecule has 2 aromatic carbocycles. The van der Waals surface area contributed by atoms with Gasteiger partial charge in [-0.3, -0.25) is 9.59 Å². The molecule has 182 valence electrons. The minimum absolute atomic E-state index is 0.119. The number of nitrogens with one attached hydrogen (secondary N) is 2. The Hall–Kier alpha value is -3.70. The lowest BCUT2D eigenvalue weighted by atomic mass is 10.0. The summed E-state index contributed by atoms with van der Waals surface area (Å²) in [6.07, 6.45) is 0. The Labute approximate surface area is 204 Å². The van der Waals surface area contributed by atoms with Gasteiger partial charge in [-0.25, -0.2) is 9.37 Å². The minimum atomic E-state index is -0.543. The Morgan fingerprint density at radius 1 is 1.17 bits per heavy atom. The van der Waals surface area contributed by atoms with E-state index in [0.717, 1.165) is 4.70 Å². The fourth-order valence-electron chi connectivity index (χ4n) is 3.38. The first kappa shape index (κ1) is 24.4. The predicted molar refractivity (Wildman–Crippen MR) is 129 cm³/mol. The van der Waals surface area contributed by atoms with E-state index in [9.17, 15) is 14.0 Å². The van der Waals surface area contributed by atoms with Crippen molar-refractivity contribution in [1.82, 2.24) is 25.8 Å². The van der Waals surface area contributed by atoms with E-state index in [1.165, 1.54) is 17.4 Å². The zero-order valence-corrected chi connectivity index (χ0v) is 20.2. The van der Waals surface area contributed by atoms with E-state index >= 15 is 0 Å². The van der Waals surface area contributed by atoms with Crippen LogP contribution in [0, 0.1) is 12.7 Å². The molecule has 1 unspecified atom stereocenters. The highest BCUT2D eigenvalue weighted by Crippen LogP contribution is 2.33. The van der Waals surface area contributed by atoms with Gasteiger partial charge in [-0.2, -0.15) is 0 Å². The molecular weight excluding hydrogens is 473 g/mol. The molecule has 1 atom stereocenters. The number of carbonyl (C=O) groups is 2. The van der Waals surface area contributed by atoms with Crippen LogP contribution in [0.15, 0.2) is 40.8 Å². The molecule has 0 bridgehead atoms. The second-order valence-corrected chi connectivity index (χ2v) is 8.89. The lowest BCUT2D eigenvalue weighted by molar-refractivity contribution is -0.122. The number of nitrogens with zero attached hydrogens (tertiary/aromatic N) is 3. The molecule has 0 saturated carbocycles. The SMILES string of the molecule is COCCNC(=O)c1ccc(-c2cc3sc(C(C)C(=O)NCc4nnc(C)o4)nc3cc2F)cc1. The summed E-state index contributed by atoms with van der Waals surface area (Å²) < 4.78 is 25.9. The molecule has 0 fully saturated rings. The van der Waals surface area contributed by atoms with Crippen molar-refractivity contribution in [2.75, 3.05) is 20.3 Å². The molecule has 2 heterocycles. The Balaban J connectivity index is 1.49. The van der Waals surface area contributed by atoms with Crippen molar-refractivity contribution in [3.05, 3.63) is 64.6 Å². The minimum Gasteiger partial charge on any atom is -0.424 e. The molecule has 0 radical (unpaired) electrons. The Kier molecular flexibility index (Phi) is 7.47. The monoisotopic (exact) mass is 497 g/mol. The third-order valence-electron chi connectivity index (χ3n) is 5.29. The highest BCUT2D eigenvalue weighted by atomic mass is 32.1. The smallest absolute Gasteiger partial charge is 0.251 e. The Morgan fingerprint density at radius 3 is 2.63 bits per heavy atom. The van der Waals surface area contributed by atoms with Crippen molar-refractivity contribution < 1.29 is 23.1 Å². The Bertz CT molecular complexity index is 1350. The van der Waals surface area contributed by atoms with Crippen LogP contribution in [-0.2, 0) is 16.1 Å². The quantitative estimate of drug-likeness (QED) is 0.339. The van der Waals surface area contributed by atoms with Crippen LogP contribution in [0.25, 0.3) is 21.3 Å². The van der Waals surface area contributed by atoms with Crippen molar-refractivity contribution in [3.8, 4) is 11.1 Å². The van der Waals surface area contributed by atoms with Gasteiger partial charge in [0.1, 0.15) is 10.8 Å². The van der Waals surface area contributed by atoms with Gasteiger partial charge >= 0.3 is 0 Å². The molecule has 0 aliphatic carbocycles. The number of aryl methyl sites for hydroxylation is 1. The summed E-state index contributed by atoms with van der Waals surface area (Å²) in [5.74, 6) is -0.712. The van der Waals surface area contributed by atoms with Crippen LogP contribution >= 0.6 is 11.3 Å². The first-order chi connectivity index (χ1) is 16.9. The number of fused-ring (bicyclic) bond motifs is 1. The number of benzene rings is 2. The number of methoxy groups -OCH3 is 1. The van der Waals surface area contributed by atoms with E-state index in [0.29, 0.717) is 52.1 Å². The second kappa shape index (κ2) is 10.7. The van der Waals surface area contributed by atoms with E-state index < -0.39 is 11.7 Å². The number of thiazole rings is 1. The molecule has 0 saturated heterocycles. The average Bonchev–Trinajstić information content (AvgIpc) is 3.47. The maximum Gasteiger partial charge on any atom is 0.251 e. The molecular formula is C24H24FN5O4S. The fourth-order valence-corrected chi connectivity index (χ4v) is 4.42. The normalized spacial score (nSPS) is 12.0. The standard InChI is InChI=1S/C24H24FN5O4S/c1-13(22(31)27-12-21-30-29-14(2)34-21)24-28-19-11-18(25)17(10-20(19)35-24)15-4-6-16(7-5-15)23(32)26-8-9-33-3/h4-7,10-11,13H,8-9,12H2,1-3H3,(H,26,32)(H,27,31). The molecule has 4 rings (SSSR count). The predicted octanol–water partition coefficient (Wildman–Crippen LogP) is 3.59. The molecule has 11 heteroatoms. The third kappa shape index (κ3) is 5.69. The van der Waals surface area contributed by atoms with Crippen LogP contribution in [0.2, 0.25) is 0 Å². The molecule has 4 aromatic rings. The van der Waals surface area contributed by atoms with Crippen molar-refractivity contribution in [1.29, 1.82) is 0 Å². The van der Waals surface area contributed by atoms with Crippen LogP contribution in [0.3, 0.4) is 0 Å². The van der Waals surface area contributed by atoms with Gasteiger partial charge in [-0.1, -0.05) is 12.1 Å². The number of hydrogen-bond donors (Lipinski definition) is 2. The third-order valence-corrected chi connectivity index (χ3v) is 6.49. The number of carbonyl (C=O) groups excluding carboxylic acids is 2. The van der Waals surface area contributed by atoms with Crippen LogP contribution in [0.1, 0.15) is 40.0 Å². The molecule has 35 heavy (non-hydrogen) atoms. The van der Waals surface area contributed by atoms with Crippen LogP contribution < -0.4 is 10.6 Å². The Morgan fingerprint density at radius 2 is 1.94 bits per heavy atom. The number of rotatable bonds is 9. The highest BCUT2D eigenvalue weighted by Gasteiger charge is 2.21. The maximum atomic E-state index is 14.9. The van der Waals surface area contributed by atoms with Crippen molar-refractivity contribution in [2.45, 2.75) is 26.3 Å². The summed E-state index contributed by atoms with van der Waals surface area (Å²) >= 11 is 1.33. The fraction of sp³-hybridized carbons (Fsp3) is 0.292. The highest BCUT2D eigenvalue weighted by molar-refractivity contribution is 7.18. The van der Waals surface area contributed by atoms with E-state index in [1.54, 1.807) is 51.3 Å². The van der Waals surface area contributed by atoms with Gasteiger partial charge in [0.25, 0.3) is 5.91 Å². The summed E-state index contributed by atoms with van der Waals surface area (Å²) in [6.45, 7) is 4.35. The van der Waals surface area contributed by atoms with Crippen LogP contribution in [0.4, 0.5) is 4.39 Å². The molecule has 2 aromatic heterocycles. The molecule has 0 spiro atoms.